The molecule has 1 saturated carbocycles. The Morgan fingerprint density at radius 2 is 2.12 bits per heavy atom. The number of hydrogen-bond acceptors (Lipinski definition) is 5. The van der Waals surface area contributed by atoms with Crippen LogP contribution < -0.4 is 10.5 Å². The van der Waals surface area contributed by atoms with Gasteiger partial charge in [-0.1, -0.05) is 0 Å². The highest BCUT2D eigenvalue weighted by atomic mass is 19.4. The first-order valence-corrected chi connectivity index (χ1v) is 7.42. The van der Waals surface area contributed by atoms with E-state index in [9.17, 15) is 23.1 Å². The Balaban J connectivity index is 1.63. The maximum absolute atomic E-state index is 12.9. The summed E-state index contributed by atoms with van der Waals surface area (Å²) in [7, 11) is 0. The minimum atomic E-state index is -4.46. The lowest BCUT2D eigenvalue weighted by atomic mass is 9.99. The minimum Gasteiger partial charge on any atom is -0.474 e. The number of hydrogen-bond donors (Lipinski definition) is 2. The molecule has 1 aliphatic carbocycles. The number of amides is 1. The summed E-state index contributed by atoms with van der Waals surface area (Å²) in [6, 6.07) is 4.41. The molecule has 0 aromatic carbocycles. The largest absolute Gasteiger partial charge is 0.474 e. The van der Waals surface area contributed by atoms with Crippen LogP contribution >= 0.6 is 0 Å². The molecule has 0 bridgehead atoms. The fraction of sp³-hybridized carbons (Fsp3) is 0.400. The number of aliphatic hydroxyl groups is 1. The fourth-order valence-corrected chi connectivity index (χ4v) is 2.44. The van der Waals surface area contributed by atoms with Crippen LogP contribution in [-0.4, -0.2) is 44.7 Å². The first-order chi connectivity index (χ1) is 11.7. The second kappa shape index (κ2) is 6.03. The van der Waals surface area contributed by atoms with Gasteiger partial charge in [0, 0.05) is 18.5 Å². The van der Waals surface area contributed by atoms with E-state index >= 15 is 0 Å². The third-order valence-electron chi connectivity index (χ3n) is 4.21. The van der Waals surface area contributed by atoms with Gasteiger partial charge in [0.1, 0.15) is 12.7 Å². The molecular weight excluding hydrogens is 341 g/mol. The zero-order valence-electron chi connectivity index (χ0n) is 12.9. The third kappa shape index (κ3) is 3.29. The molecule has 1 atom stereocenters. The van der Waals surface area contributed by atoms with Gasteiger partial charge in [-0.15, -0.1) is 5.10 Å². The quantitative estimate of drug-likeness (QED) is 0.815. The first-order valence-electron chi connectivity index (χ1n) is 7.42. The number of carbonyl (C=O) groups is 1. The van der Waals surface area contributed by atoms with E-state index < -0.39 is 30.2 Å². The molecule has 10 heteroatoms. The van der Waals surface area contributed by atoms with Crippen molar-refractivity contribution in [3.63, 3.8) is 0 Å². The lowest BCUT2D eigenvalue weighted by Gasteiger charge is -2.24. The normalized spacial score (nSPS) is 17.1. The van der Waals surface area contributed by atoms with Gasteiger partial charge in [0.25, 0.3) is 0 Å². The molecule has 2 aromatic heterocycles. The topological polar surface area (TPSA) is 103 Å². The predicted molar refractivity (Wildman–Crippen MR) is 79.1 cm³/mol. The van der Waals surface area contributed by atoms with Gasteiger partial charge in [-0.2, -0.15) is 13.2 Å². The van der Waals surface area contributed by atoms with E-state index in [0.717, 1.165) is 0 Å². The number of ether oxygens (including phenoxy) is 1. The van der Waals surface area contributed by atoms with Gasteiger partial charge in [0.05, 0.1) is 11.0 Å². The summed E-state index contributed by atoms with van der Waals surface area (Å²) >= 11 is 0. The Kier molecular flexibility index (Phi) is 4.15. The van der Waals surface area contributed by atoms with Gasteiger partial charge in [-0.3, -0.25) is 4.79 Å². The Labute approximate surface area is 140 Å². The summed E-state index contributed by atoms with van der Waals surface area (Å²) in [6.07, 6.45) is -3.54. The summed E-state index contributed by atoms with van der Waals surface area (Å²) in [5, 5.41) is 13.8. The van der Waals surface area contributed by atoms with Crippen molar-refractivity contribution in [1.82, 2.24) is 14.8 Å². The number of rotatable bonds is 6. The molecule has 134 valence electrons. The van der Waals surface area contributed by atoms with Crippen molar-refractivity contribution in [3.8, 4) is 11.7 Å². The van der Waals surface area contributed by atoms with Crippen molar-refractivity contribution in [2.45, 2.75) is 25.1 Å². The Morgan fingerprint density at radius 1 is 1.40 bits per heavy atom. The number of nitrogens with two attached hydrogens (primary N) is 1. The summed E-state index contributed by atoms with van der Waals surface area (Å²) < 4.78 is 45.2. The Morgan fingerprint density at radius 3 is 2.64 bits per heavy atom. The van der Waals surface area contributed by atoms with Gasteiger partial charge in [0.15, 0.2) is 5.82 Å². The molecule has 0 radical (unpaired) electrons. The molecule has 3 N–H and O–H groups in total. The van der Waals surface area contributed by atoms with E-state index in [2.05, 4.69) is 10.1 Å². The summed E-state index contributed by atoms with van der Waals surface area (Å²) in [5.74, 6) is -0.191. The molecule has 2 aromatic rings. The number of pyridine rings is 1. The number of halogens is 3. The van der Waals surface area contributed by atoms with Gasteiger partial charge in [-0.05, 0) is 25.0 Å². The molecule has 7 nitrogen and oxygen atoms in total. The summed E-state index contributed by atoms with van der Waals surface area (Å²) in [6.45, 7) is -0.509. The van der Waals surface area contributed by atoms with Gasteiger partial charge in [-0.25, -0.2) is 9.67 Å². The molecular formula is C15H15F3N4O3. The summed E-state index contributed by atoms with van der Waals surface area (Å²) in [5.41, 5.74) is 3.29. The van der Waals surface area contributed by atoms with Gasteiger partial charge < -0.3 is 15.6 Å². The Hall–Kier alpha value is -2.62. The zero-order valence-corrected chi connectivity index (χ0v) is 12.9. The van der Waals surface area contributed by atoms with Gasteiger partial charge in [0.2, 0.25) is 11.8 Å². The molecule has 1 unspecified atom stereocenters. The van der Waals surface area contributed by atoms with Crippen LogP contribution in [-0.2, 0) is 0 Å². The van der Waals surface area contributed by atoms with Crippen molar-refractivity contribution in [3.05, 3.63) is 36.2 Å². The number of primary amides is 1. The van der Waals surface area contributed by atoms with E-state index in [-0.39, 0.29) is 24.3 Å². The molecule has 0 saturated heterocycles. The van der Waals surface area contributed by atoms with Crippen LogP contribution in [0, 0.1) is 5.41 Å². The van der Waals surface area contributed by atoms with E-state index in [1.54, 1.807) is 0 Å². The highest BCUT2D eigenvalue weighted by Gasteiger charge is 2.67. The SMILES string of the molecule is NC(=O)c1ccc(-n2ccc(OCC(O)C3(C(F)(F)F)CC3)n2)nc1. The first kappa shape index (κ1) is 17.2. The number of carbonyl (C=O) groups excluding carboxylic acids is 1. The standard InChI is InChI=1S/C15H15F3N4O3/c16-15(17,18)14(4-5-14)10(23)8-25-12-3-6-22(21-12)11-2-1-9(7-20-11)13(19)24/h1-3,6-7,10,23H,4-5,8H2,(H2,19,24). The van der Waals surface area contributed by atoms with Crippen molar-refractivity contribution in [2.24, 2.45) is 11.1 Å². The highest BCUT2D eigenvalue weighted by Crippen LogP contribution is 2.59. The second-order valence-corrected chi connectivity index (χ2v) is 5.85. The van der Waals surface area contributed by atoms with E-state index in [1.807, 2.05) is 0 Å². The molecule has 0 aliphatic heterocycles. The predicted octanol–water partition coefficient (Wildman–Crippen LogP) is 1.45. The fourth-order valence-electron chi connectivity index (χ4n) is 2.44. The molecule has 1 aliphatic rings. The van der Waals surface area contributed by atoms with Crippen LogP contribution in [0.5, 0.6) is 5.88 Å². The van der Waals surface area contributed by atoms with E-state index in [1.165, 1.54) is 35.3 Å². The molecule has 0 spiro atoms. The monoisotopic (exact) mass is 356 g/mol. The zero-order chi connectivity index (χ0) is 18.2. The molecule has 2 heterocycles. The highest BCUT2D eigenvalue weighted by molar-refractivity contribution is 5.92. The van der Waals surface area contributed by atoms with Crippen LogP contribution in [0.1, 0.15) is 23.2 Å². The number of aliphatic hydroxyl groups excluding tert-OH is 1. The molecule has 25 heavy (non-hydrogen) atoms. The molecule has 1 amide bonds. The van der Waals surface area contributed by atoms with Crippen LogP contribution in [0.25, 0.3) is 5.82 Å². The number of alkyl halides is 3. The maximum atomic E-state index is 12.9. The van der Waals surface area contributed by atoms with E-state index in [0.29, 0.717) is 5.82 Å². The maximum Gasteiger partial charge on any atom is 0.397 e. The Bertz CT molecular complexity index is 769. The van der Waals surface area contributed by atoms with Crippen molar-refractivity contribution >= 4 is 5.91 Å². The molecule has 1 fully saturated rings. The van der Waals surface area contributed by atoms with Crippen LogP contribution in [0.2, 0.25) is 0 Å². The lowest BCUT2D eigenvalue weighted by Crippen LogP contribution is -2.39. The minimum absolute atomic E-state index is 0.0535. The van der Waals surface area contributed by atoms with Crippen molar-refractivity contribution in [1.29, 1.82) is 0 Å². The average Bonchev–Trinajstić information content (AvgIpc) is 3.26. The second-order valence-electron chi connectivity index (χ2n) is 5.85. The van der Waals surface area contributed by atoms with Crippen LogP contribution in [0.15, 0.2) is 30.6 Å². The third-order valence-corrected chi connectivity index (χ3v) is 4.21. The van der Waals surface area contributed by atoms with Crippen molar-refractivity contribution < 1.29 is 27.8 Å². The number of nitrogens with zero attached hydrogens (tertiary/aromatic N) is 3. The van der Waals surface area contributed by atoms with Crippen molar-refractivity contribution in [2.75, 3.05) is 6.61 Å². The van der Waals surface area contributed by atoms with Gasteiger partial charge >= 0.3 is 6.18 Å². The van der Waals surface area contributed by atoms with Crippen LogP contribution in [0.4, 0.5) is 13.2 Å². The summed E-state index contributed by atoms with van der Waals surface area (Å²) in [4.78, 5) is 15.0. The van der Waals surface area contributed by atoms with Crippen LogP contribution in [0.3, 0.4) is 0 Å². The molecule has 3 rings (SSSR count). The lowest BCUT2D eigenvalue weighted by molar-refractivity contribution is -0.217. The smallest absolute Gasteiger partial charge is 0.397 e. The number of aromatic nitrogens is 3. The van der Waals surface area contributed by atoms with E-state index in [4.69, 9.17) is 10.5 Å². The average molecular weight is 356 g/mol.